The molecule has 0 aromatic heterocycles. The van der Waals surface area contributed by atoms with Crippen molar-refractivity contribution in [3.8, 4) is 0 Å². The van der Waals surface area contributed by atoms with Crippen LogP contribution in [0.25, 0.3) is 0 Å². The number of halogens is 1. The molecule has 0 saturated carbocycles. The molecule has 0 heterocycles. The average Bonchev–Trinajstić information content (AvgIpc) is 2.88. The van der Waals surface area contributed by atoms with Crippen molar-refractivity contribution in [1.82, 2.24) is 0 Å². The summed E-state index contributed by atoms with van der Waals surface area (Å²) in [4.78, 5) is 20.5. The minimum Gasteiger partial charge on any atom is -0.0620 e. The number of rotatable bonds is 5. The van der Waals surface area contributed by atoms with Crippen molar-refractivity contribution in [3.63, 3.8) is 0 Å². The maximum absolute atomic E-state index is 10.2. The van der Waals surface area contributed by atoms with Crippen LogP contribution in [0.4, 0.5) is 0 Å². The topological polar surface area (TPSA) is 34.1 Å². The molecular formula is C26H22ClCoO2P+3. The average molecular weight is 492 g/mol. The van der Waals surface area contributed by atoms with E-state index in [2.05, 4.69) is 116 Å². The van der Waals surface area contributed by atoms with Crippen LogP contribution in [-0.2, 0) is 14.8 Å². The van der Waals surface area contributed by atoms with Crippen molar-refractivity contribution in [3.05, 3.63) is 126 Å². The van der Waals surface area contributed by atoms with Gasteiger partial charge in [-0.25, -0.2) is 0 Å². The molecule has 4 aromatic rings. The third-order valence-electron chi connectivity index (χ3n) is 4.44. The van der Waals surface area contributed by atoms with Gasteiger partial charge >= 0.3 is 25.0 Å². The second kappa shape index (κ2) is 14.5. The van der Waals surface area contributed by atoms with E-state index in [1.807, 2.05) is 0 Å². The summed E-state index contributed by atoms with van der Waals surface area (Å²) >= 11 is 3.03. The summed E-state index contributed by atoms with van der Waals surface area (Å²) in [5, 5.41) is 4.31. The first-order valence-electron chi connectivity index (χ1n) is 9.48. The largest absolute Gasteiger partial charge is 0.102 e. The summed E-state index contributed by atoms with van der Waals surface area (Å²) in [6.45, 7) is 0. The van der Waals surface area contributed by atoms with Crippen LogP contribution < -0.4 is 15.9 Å². The van der Waals surface area contributed by atoms with Gasteiger partial charge in [0.25, 0.3) is 0 Å². The van der Waals surface area contributed by atoms with Crippen LogP contribution in [-0.4, -0.2) is 12.6 Å². The Hall–Kier alpha value is -2.55. The molecule has 0 amide bonds. The molecule has 0 saturated heterocycles. The fraction of sp³-hybridized carbons (Fsp3) is 0. The molecule has 0 radical (unpaired) electrons. The summed E-state index contributed by atoms with van der Waals surface area (Å²) in [6.07, 6.45) is 1.34. The Morgan fingerprint density at radius 2 is 0.742 bits per heavy atom. The van der Waals surface area contributed by atoms with E-state index in [-0.39, 0.29) is 0 Å². The van der Waals surface area contributed by atoms with Crippen LogP contribution in [0.1, 0.15) is 20.7 Å². The van der Waals surface area contributed by atoms with Crippen LogP contribution in [0.15, 0.2) is 115 Å². The standard InChI is InChI=1S/C18H15P.C8H6O2.ClH.Co/c1-4-10-16(11-5-1)19(17-12-6-2-7-13-17)18-14-8-3-9-15-18;9-5-7-3-1-2-4-8(7)6-10;;/h1-15H;1-6H;1H;/q;;;+3. The Morgan fingerprint density at radius 3 is 1.00 bits per heavy atom. The second-order valence-corrected chi connectivity index (χ2v) is 8.82. The Kier molecular flexibility index (Phi) is 11.5. The number of aldehydes is 2. The van der Waals surface area contributed by atoms with Crippen molar-refractivity contribution in [2.24, 2.45) is 0 Å². The third kappa shape index (κ3) is 7.57. The third-order valence-corrected chi connectivity index (χ3v) is 7.17. The van der Waals surface area contributed by atoms with E-state index in [0.29, 0.717) is 23.7 Å². The molecule has 31 heavy (non-hydrogen) atoms. The zero-order valence-electron chi connectivity index (χ0n) is 16.7. The maximum atomic E-state index is 10.2. The normalized spacial score (nSPS) is 9.52. The SMILES string of the molecule is O=Cc1ccccc1C=O.[Cl][Co+2].c1ccc([PH+](c2ccccc2)c2ccccc2)cc1. The molecule has 4 aromatic carbocycles. The molecule has 4 rings (SSSR count). The van der Waals surface area contributed by atoms with Crippen molar-refractivity contribution >= 4 is 46.6 Å². The van der Waals surface area contributed by atoms with Crippen molar-refractivity contribution in [2.45, 2.75) is 0 Å². The molecule has 0 aliphatic rings. The van der Waals surface area contributed by atoms with E-state index in [9.17, 15) is 9.59 Å². The number of benzene rings is 4. The predicted octanol–water partition coefficient (Wildman–Crippen LogP) is 5.18. The Morgan fingerprint density at radius 1 is 0.484 bits per heavy atom. The number of hydrogen-bond acceptors (Lipinski definition) is 2. The smallest absolute Gasteiger partial charge is 0.0620 e. The van der Waals surface area contributed by atoms with Crippen molar-refractivity contribution < 1.29 is 24.4 Å². The van der Waals surface area contributed by atoms with Gasteiger partial charge in [-0.15, -0.1) is 0 Å². The molecule has 0 N–H and O–H groups in total. The van der Waals surface area contributed by atoms with Crippen LogP contribution in [0, 0.1) is 0 Å². The van der Waals surface area contributed by atoms with Crippen molar-refractivity contribution in [2.75, 3.05) is 0 Å². The number of carbonyl (C=O) groups is 2. The fourth-order valence-corrected chi connectivity index (χ4v) is 5.62. The van der Waals surface area contributed by atoms with Crippen molar-refractivity contribution in [1.29, 1.82) is 0 Å². The molecule has 0 fully saturated rings. The minimum atomic E-state index is -0.877. The Bertz CT molecular complexity index is 924. The fourth-order valence-electron chi connectivity index (χ4n) is 3.04. The summed E-state index contributed by atoms with van der Waals surface area (Å²) in [6, 6.07) is 39.2. The monoisotopic (exact) mass is 491 g/mol. The van der Waals surface area contributed by atoms with Crippen LogP contribution in [0.3, 0.4) is 0 Å². The molecule has 0 aliphatic heterocycles. The molecule has 2 nitrogen and oxygen atoms in total. The van der Waals surface area contributed by atoms with E-state index in [0.717, 1.165) is 0 Å². The van der Waals surface area contributed by atoms with E-state index in [1.165, 1.54) is 15.9 Å². The summed E-state index contributed by atoms with van der Waals surface area (Å²) in [7, 11) is 3.45. The first-order chi connectivity index (χ1) is 15.3. The molecule has 0 bridgehead atoms. The first-order valence-corrected chi connectivity index (χ1v) is 12.4. The van der Waals surface area contributed by atoms with Gasteiger partial charge in [0.05, 0.1) is 7.92 Å². The van der Waals surface area contributed by atoms with Crippen LogP contribution in [0.2, 0.25) is 0 Å². The minimum absolute atomic E-state index is 0.442. The summed E-state index contributed by atoms with van der Waals surface area (Å²) < 4.78 is 0. The number of carbonyl (C=O) groups excluding carboxylic acids is 2. The van der Waals surface area contributed by atoms with Gasteiger partial charge in [0.15, 0.2) is 12.6 Å². The Labute approximate surface area is 196 Å². The molecule has 0 aliphatic carbocycles. The van der Waals surface area contributed by atoms with Gasteiger partial charge in [0, 0.05) is 11.1 Å². The van der Waals surface area contributed by atoms with E-state index < -0.39 is 7.92 Å². The van der Waals surface area contributed by atoms with Gasteiger partial charge in [-0.05, 0) is 36.4 Å². The molecule has 5 heteroatoms. The predicted molar refractivity (Wildman–Crippen MR) is 130 cm³/mol. The van der Waals surface area contributed by atoms with Gasteiger partial charge in [-0.1, -0.05) is 78.9 Å². The van der Waals surface area contributed by atoms with Gasteiger partial charge in [-0.3, -0.25) is 9.59 Å². The summed E-state index contributed by atoms with van der Waals surface area (Å²) in [5.41, 5.74) is 0.884. The van der Waals surface area contributed by atoms with Gasteiger partial charge in [0.1, 0.15) is 15.9 Å². The molecule has 0 atom stereocenters. The van der Waals surface area contributed by atoms with Gasteiger partial charge in [-0.2, -0.15) is 0 Å². The maximum Gasteiger partial charge on any atom is 0.102 e. The first kappa shape index (κ1) is 24.7. The summed E-state index contributed by atoms with van der Waals surface area (Å²) in [5.74, 6) is 0. The second-order valence-electron chi connectivity index (χ2n) is 6.34. The Balaban J connectivity index is 0.000000241. The molecule has 0 spiro atoms. The van der Waals surface area contributed by atoms with Crippen LogP contribution in [0.5, 0.6) is 0 Å². The van der Waals surface area contributed by atoms with Crippen LogP contribution >= 0.6 is 18.1 Å². The quantitative estimate of drug-likeness (QED) is 0.285. The van der Waals surface area contributed by atoms with Gasteiger partial charge < -0.3 is 0 Å². The molecular weight excluding hydrogens is 470 g/mol. The van der Waals surface area contributed by atoms with Gasteiger partial charge in [0.2, 0.25) is 0 Å². The zero-order chi connectivity index (χ0) is 22.3. The van der Waals surface area contributed by atoms with E-state index in [4.69, 9.17) is 0 Å². The number of hydrogen-bond donors (Lipinski definition) is 0. The zero-order valence-corrected chi connectivity index (χ0v) is 19.4. The molecule has 156 valence electrons. The molecule has 0 unspecified atom stereocenters. The van der Waals surface area contributed by atoms with E-state index >= 15 is 0 Å². The van der Waals surface area contributed by atoms with E-state index in [1.54, 1.807) is 24.3 Å².